The molecule has 0 amide bonds. The Balaban J connectivity index is 2.56. The van der Waals surface area contributed by atoms with Crippen molar-refractivity contribution >= 4 is 21.4 Å². The summed E-state index contributed by atoms with van der Waals surface area (Å²) in [6, 6.07) is 3.65. The fourth-order valence-corrected chi connectivity index (χ4v) is 3.45. The normalized spacial score (nSPS) is 14.1. The third kappa shape index (κ3) is 4.39. The molecular weight excluding hydrogens is 258 g/mol. The van der Waals surface area contributed by atoms with Crippen LogP contribution >= 0.6 is 11.3 Å². The van der Waals surface area contributed by atoms with Crippen molar-refractivity contribution < 1.29 is 13.5 Å². The van der Waals surface area contributed by atoms with E-state index >= 15 is 0 Å². The summed E-state index contributed by atoms with van der Waals surface area (Å²) in [6.45, 7) is 2.07. The first-order valence-electron chi connectivity index (χ1n) is 5.63. The van der Waals surface area contributed by atoms with Gasteiger partial charge in [-0.1, -0.05) is 19.4 Å². The van der Waals surface area contributed by atoms with Crippen LogP contribution in [0.1, 0.15) is 30.7 Å². The molecule has 0 aliphatic heterocycles. The fraction of sp³-hybridized carbons (Fsp3) is 0.636. The molecule has 1 atom stereocenters. The van der Waals surface area contributed by atoms with Crippen molar-refractivity contribution in [2.75, 3.05) is 19.3 Å². The van der Waals surface area contributed by atoms with Crippen LogP contribution in [0.5, 0.6) is 0 Å². The zero-order valence-electron chi connectivity index (χ0n) is 10.2. The Bertz CT molecular complexity index is 414. The number of aliphatic hydroxyl groups is 1. The highest BCUT2D eigenvalue weighted by atomic mass is 32.2. The quantitative estimate of drug-likeness (QED) is 0.827. The molecule has 4 nitrogen and oxygen atoms in total. The molecule has 1 unspecified atom stereocenters. The number of nitrogens with zero attached hydrogens (tertiary/aromatic N) is 1. The van der Waals surface area contributed by atoms with Gasteiger partial charge in [0.1, 0.15) is 6.10 Å². The lowest BCUT2D eigenvalue weighted by molar-refractivity contribution is 0.158. The first kappa shape index (κ1) is 14.6. The monoisotopic (exact) mass is 277 g/mol. The summed E-state index contributed by atoms with van der Waals surface area (Å²) in [4.78, 5) is 0.794. The average molecular weight is 277 g/mol. The highest BCUT2D eigenvalue weighted by Crippen LogP contribution is 2.20. The van der Waals surface area contributed by atoms with Crippen LogP contribution in [0.2, 0.25) is 0 Å². The number of sulfonamides is 1. The maximum absolute atomic E-state index is 11.8. The Morgan fingerprint density at radius 2 is 2.24 bits per heavy atom. The largest absolute Gasteiger partial charge is 0.386 e. The van der Waals surface area contributed by atoms with Crippen molar-refractivity contribution in [3.8, 4) is 0 Å². The molecule has 17 heavy (non-hydrogen) atoms. The van der Waals surface area contributed by atoms with Gasteiger partial charge in [0.2, 0.25) is 10.0 Å². The van der Waals surface area contributed by atoms with E-state index in [1.165, 1.54) is 22.7 Å². The molecule has 1 rings (SSSR count). The molecule has 0 saturated heterocycles. The van der Waals surface area contributed by atoms with Crippen LogP contribution < -0.4 is 0 Å². The van der Waals surface area contributed by atoms with Gasteiger partial charge in [0, 0.05) is 18.5 Å². The molecule has 0 aliphatic rings. The molecule has 1 aromatic heterocycles. The van der Waals surface area contributed by atoms with Crippen molar-refractivity contribution in [3.63, 3.8) is 0 Å². The van der Waals surface area contributed by atoms with Gasteiger partial charge in [0.05, 0.1) is 5.75 Å². The zero-order chi connectivity index (χ0) is 12.9. The van der Waals surface area contributed by atoms with E-state index in [1.807, 2.05) is 24.4 Å². The van der Waals surface area contributed by atoms with Crippen LogP contribution in [0.4, 0.5) is 0 Å². The van der Waals surface area contributed by atoms with E-state index in [1.54, 1.807) is 0 Å². The van der Waals surface area contributed by atoms with Crippen LogP contribution in [0, 0.1) is 0 Å². The number of aliphatic hydroxyl groups excluding tert-OH is 1. The summed E-state index contributed by atoms with van der Waals surface area (Å²) in [5.41, 5.74) is 0. The van der Waals surface area contributed by atoms with Gasteiger partial charge in [-0.2, -0.15) is 0 Å². The highest BCUT2D eigenvalue weighted by molar-refractivity contribution is 7.89. The van der Waals surface area contributed by atoms with Crippen molar-refractivity contribution in [3.05, 3.63) is 22.4 Å². The molecule has 0 fully saturated rings. The highest BCUT2D eigenvalue weighted by Gasteiger charge is 2.21. The van der Waals surface area contributed by atoms with Gasteiger partial charge in [-0.15, -0.1) is 11.3 Å². The first-order valence-corrected chi connectivity index (χ1v) is 8.11. The summed E-state index contributed by atoms with van der Waals surface area (Å²) in [5.74, 6) is 0.150. The molecule has 98 valence electrons. The van der Waals surface area contributed by atoms with Gasteiger partial charge in [-0.3, -0.25) is 0 Å². The van der Waals surface area contributed by atoms with E-state index in [0.717, 1.165) is 11.3 Å². The number of hydrogen-bond acceptors (Lipinski definition) is 4. The predicted molar refractivity (Wildman–Crippen MR) is 70.6 cm³/mol. The molecule has 1 aromatic rings. The van der Waals surface area contributed by atoms with Gasteiger partial charge in [-0.05, 0) is 17.9 Å². The molecule has 0 aromatic carbocycles. The van der Waals surface area contributed by atoms with Gasteiger partial charge in [-0.25, -0.2) is 12.7 Å². The van der Waals surface area contributed by atoms with E-state index in [9.17, 15) is 13.5 Å². The summed E-state index contributed by atoms with van der Waals surface area (Å²) in [5, 5.41) is 11.7. The second-order valence-electron chi connectivity index (χ2n) is 3.98. The maximum Gasteiger partial charge on any atom is 0.213 e. The molecule has 1 heterocycles. The van der Waals surface area contributed by atoms with Crippen LogP contribution in [0.15, 0.2) is 17.5 Å². The standard InChI is InChI=1S/C11H19NO3S2/c1-3-4-8-17(14,15)12(2)9-10(13)11-6-5-7-16-11/h5-7,10,13H,3-4,8-9H2,1-2H3. The van der Waals surface area contributed by atoms with E-state index in [4.69, 9.17) is 0 Å². The predicted octanol–water partition coefficient (Wildman–Crippen LogP) is 1.84. The van der Waals surface area contributed by atoms with Crippen LogP contribution in [-0.4, -0.2) is 37.2 Å². The Hall–Kier alpha value is -0.430. The molecule has 0 bridgehead atoms. The lowest BCUT2D eigenvalue weighted by Crippen LogP contribution is -2.32. The molecule has 0 radical (unpaired) electrons. The third-order valence-corrected chi connectivity index (χ3v) is 5.41. The number of thiophene rings is 1. The maximum atomic E-state index is 11.8. The minimum absolute atomic E-state index is 0.118. The summed E-state index contributed by atoms with van der Waals surface area (Å²) in [6.07, 6.45) is 0.763. The number of likely N-dealkylation sites (N-methyl/N-ethyl adjacent to an activating group) is 1. The second kappa shape index (κ2) is 6.49. The van der Waals surface area contributed by atoms with E-state index in [0.29, 0.717) is 6.42 Å². The van der Waals surface area contributed by atoms with Crippen LogP contribution in [-0.2, 0) is 10.0 Å². The van der Waals surface area contributed by atoms with Crippen molar-refractivity contribution in [1.29, 1.82) is 0 Å². The second-order valence-corrected chi connectivity index (χ2v) is 7.16. The minimum atomic E-state index is -3.23. The SMILES string of the molecule is CCCCS(=O)(=O)N(C)CC(O)c1cccs1. The molecule has 0 spiro atoms. The lowest BCUT2D eigenvalue weighted by Gasteiger charge is -2.19. The summed E-state index contributed by atoms with van der Waals surface area (Å²) < 4.78 is 24.9. The van der Waals surface area contributed by atoms with Crippen LogP contribution in [0.3, 0.4) is 0 Å². The Morgan fingerprint density at radius 1 is 1.53 bits per heavy atom. The van der Waals surface area contributed by atoms with Crippen molar-refractivity contribution in [1.82, 2.24) is 4.31 Å². The van der Waals surface area contributed by atoms with Gasteiger partial charge < -0.3 is 5.11 Å². The molecule has 0 saturated carbocycles. The summed E-state index contributed by atoms with van der Waals surface area (Å²) in [7, 11) is -1.71. The fourth-order valence-electron chi connectivity index (χ4n) is 1.41. The lowest BCUT2D eigenvalue weighted by atomic mass is 10.3. The van der Waals surface area contributed by atoms with Crippen molar-refractivity contribution in [2.45, 2.75) is 25.9 Å². The topological polar surface area (TPSA) is 57.6 Å². The number of rotatable bonds is 7. The number of hydrogen-bond donors (Lipinski definition) is 1. The minimum Gasteiger partial charge on any atom is -0.386 e. The van der Waals surface area contributed by atoms with E-state index < -0.39 is 16.1 Å². The number of unbranched alkanes of at least 4 members (excludes halogenated alkanes) is 1. The van der Waals surface area contributed by atoms with E-state index in [-0.39, 0.29) is 12.3 Å². The van der Waals surface area contributed by atoms with Crippen LogP contribution in [0.25, 0.3) is 0 Å². The van der Waals surface area contributed by atoms with Gasteiger partial charge in [0.25, 0.3) is 0 Å². The first-order chi connectivity index (χ1) is 7.97. The Labute approximate surface area is 107 Å². The third-order valence-electron chi connectivity index (χ3n) is 2.53. The van der Waals surface area contributed by atoms with Gasteiger partial charge in [0.15, 0.2) is 0 Å². The van der Waals surface area contributed by atoms with Gasteiger partial charge >= 0.3 is 0 Å². The smallest absolute Gasteiger partial charge is 0.213 e. The molecular formula is C11H19NO3S2. The average Bonchev–Trinajstić information content (AvgIpc) is 2.79. The zero-order valence-corrected chi connectivity index (χ0v) is 11.8. The molecule has 6 heteroatoms. The van der Waals surface area contributed by atoms with E-state index in [2.05, 4.69) is 0 Å². The molecule has 1 N–H and O–H groups in total. The summed E-state index contributed by atoms with van der Waals surface area (Å²) >= 11 is 1.43. The Kier molecular flexibility index (Phi) is 5.58. The Morgan fingerprint density at radius 3 is 2.76 bits per heavy atom. The van der Waals surface area contributed by atoms with Crippen molar-refractivity contribution in [2.24, 2.45) is 0 Å². The molecule has 0 aliphatic carbocycles.